The van der Waals surface area contributed by atoms with Crippen LogP contribution in [-0.2, 0) is 4.74 Å². The van der Waals surface area contributed by atoms with Crippen LogP contribution in [0, 0.1) is 12.7 Å². The molecule has 2 rings (SSSR count). The van der Waals surface area contributed by atoms with Gasteiger partial charge in [-0.25, -0.2) is 4.39 Å². The highest BCUT2D eigenvalue weighted by Crippen LogP contribution is 2.25. The zero-order valence-electron chi connectivity index (χ0n) is 10.9. The summed E-state index contributed by atoms with van der Waals surface area (Å²) in [5.74, 6) is -0.871. The minimum atomic E-state index is -0.492. The van der Waals surface area contributed by atoms with Gasteiger partial charge in [-0.1, -0.05) is 11.6 Å². The molecule has 0 radical (unpaired) electrons. The number of hydrogen-bond acceptors (Lipinski definition) is 2. The molecule has 1 aromatic carbocycles. The molecule has 1 aliphatic rings. The topological polar surface area (TPSA) is 38.3 Å². The zero-order valence-corrected chi connectivity index (χ0v) is 10.9. The normalized spacial score (nSPS) is 27.2. The molecular formula is C14H18FNO2. The second-order valence-electron chi connectivity index (χ2n) is 5.12. The number of amides is 1. The van der Waals surface area contributed by atoms with Gasteiger partial charge in [-0.05, 0) is 39.3 Å². The van der Waals surface area contributed by atoms with Crippen molar-refractivity contribution in [2.24, 2.45) is 0 Å². The van der Waals surface area contributed by atoms with Crippen LogP contribution in [0.5, 0.6) is 0 Å². The van der Waals surface area contributed by atoms with Gasteiger partial charge in [-0.15, -0.1) is 0 Å². The Morgan fingerprint density at radius 2 is 2.28 bits per heavy atom. The zero-order chi connectivity index (χ0) is 13.3. The van der Waals surface area contributed by atoms with Crippen LogP contribution in [0.4, 0.5) is 4.39 Å². The third-order valence-electron chi connectivity index (χ3n) is 3.65. The van der Waals surface area contributed by atoms with Crippen LogP contribution >= 0.6 is 0 Å². The van der Waals surface area contributed by atoms with Crippen LogP contribution in [0.25, 0.3) is 0 Å². The molecule has 1 aliphatic heterocycles. The largest absolute Gasteiger partial charge is 0.376 e. The highest BCUT2D eigenvalue weighted by atomic mass is 19.1. The molecule has 18 heavy (non-hydrogen) atoms. The number of hydrogen-bond donors (Lipinski definition) is 1. The maximum Gasteiger partial charge on any atom is 0.254 e. The highest BCUT2D eigenvalue weighted by molar-refractivity contribution is 5.95. The fraction of sp³-hybridized carbons (Fsp3) is 0.500. The first kappa shape index (κ1) is 13.0. The van der Waals surface area contributed by atoms with Crippen molar-refractivity contribution in [1.82, 2.24) is 5.32 Å². The number of carbonyl (C=O) groups excluding carboxylic acids is 1. The van der Waals surface area contributed by atoms with Crippen molar-refractivity contribution in [2.75, 3.05) is 6.61 Å². The molecule has 0 saturated carbocycles. The molecule has 98 valence electrons. The summed E-state index contributed by atoms with van der Waals surface area (Å²) in [6, 6.07) is 4.53. The molecule has 4 heteroatoms. The minimum Gasteiger partial charge on any atom is -0.376 e. The molecule has 0 aromatic heterocycles. The number of aryl methyl sites for hydroxylation is 1. The van der Waals surface area contributed by atoms with E-state index in [9.17, 15) is 9.18 Å². The fourth-order valence-corrected chi connectivity index (χ4v) is 2.14. The minimum absolute atomic E-state index is 0.0608. The number of nitrogens with one attached hydrogen (secondary N) is 1. The van der Waals surface area contributed by atoms with E-state index in [1.165, 1.54) is 6.07 Å². The average molecular weight is 251 g/mol. The summed E-state index contributed by atoms with van der Waals surface area (Å²) in [5, 5.41) is 2.89. The van der Waals surface area contributed by atoms with Crippen LogP contribution in [0.1, 0.15) is 36.2 Å². The molecule has 1 amide bonds. The third kappa shape index (κ3) is 2.38. The van der Waals surface area contributed by atoms with Crippen LogP contribution in [0.2, 0.25) is 0 Å². The van der Waals surface area contributed by atoms with Crippen molar-refractivity contribution in [3.8, 4) is 0 Å². The van der Waals surface area contributed by atoms with Gasteiger partial charge in [0.25, 0.3) is 5.91 Å². The van der Waals surface area contributed by atoms with Crippen molar-refractivity contribution in [3.05, 3.63) is 35.1 Å². The molecule has 3 nitrogen and oxygen atoms in total. The Balaban J connectivity index is 2.19. The lowest BCUT2D eigenvalue weighted by molar-refractivity contribution is 0.0724. The maximum atomic E-state index is 13.6. The second-order valence-corrected chi connectivity index (χ2v) is 5.12. The lowest BCUT2D eigenvalue weighted by atomic mass is 9.94. The lowest BCUT2D eigenvalue weighted by Gasteiger charge is -2.29. The standard InChI is InChI=1S/C14H18FNO2/c1-9-4-5-12(15)11(8-9)13(17)16-14(3)6-7-18-10(14)2/h4-5,8,10H,6-7H2,1-3H3,(H,16,17). The first-order valence-electron chi connectivity index (χ1n) is 6.13. The first-order chi connectivity index (χ1) is 8.42. The van der Waals surface area contributed by atoms with Gasteiger partial charge in [0.05, 0.1) is 17.2 Å². The van der Waals surface area contributed by atoms with E-state index in [1.54, 1.807) is 12.1 Å². The van der Waals surface area contributed by atoms with Gasteiger partial charge >= 0.3 is 0 Å². The molecule has 0 spiro atoms. The SMILES string of the molecule is Cc1ccc(F)c(C(=O)NC2(C)CCOC2C)c1. The third-order valence-corrected chi connectivity index (χ3v) is 3.65. The number of ether oxygens (including phenoxy) is 1. The Kier molecular flexibility index (Phi) is 3.39. The smallest absolute Gasteiger partial charge is 0.254 e. The average Bonchev–Trinajstić information content (AvgIpc) is 2.62. The van der Waals surface area contributed by atoms with Gasteiger partial charge in [0.15, 0.2) is 0 Å². The molecule has 1 aromatic rings. The van der Waals surface area contributed by atoms with Gasteiger partial charge in [0, 0.05) is 6.61 Å². The van der Waals surface area contributed by atoms with Crippen molar-refractivity contribution >= 4 is 5.91 Å². The van der Waals surface area contributed by atoms with E-state index in [-0.39, 0.29) is 17.6 Å². The Bertz CT molecular complexity index is 475. The molecule has 0 bridgehead atoms. The maximum absolute atomic E-state index is 13.6. The molecular weight excluding hydrogens is 233 g/mol. The predicted octanol–water partition coefficient (Wildman–Crippen LogP) is 2.43. The summed E-state index contributed by atoms with van der Waals surface area (Å²) in [6.07, 6.45) is 0.683. The van der Waals surface area contributed by atoms with E-state index in [2.05, 4.69) is 5.32 Å². The molecule has 1 N–H and O–H groups in total. The summed E-state index contributed by atoms with van der Waals surface area (Å²) in [5.41, 5.74) is 0.533. The molecule has 1 fully saturated rings. The Morgan fingerprint density at radius 1 is 1.56 bits per heavy atom. The number of rotatable bonds is 2. The Hall–Kier alpha value is -1.42. The van der Waals surface area contributed by atoms with Crippen molar-refractivity contribution < 1.29 is 13.9 Å². The van der Waals surface area contributed by atoms with E-state index in [1.807, 2.05) is 20.8 Å². The Labute approximate surface area is 106 Å². The molecule has 0 aliphatic carbocycles. The molecule has 2 atom stereocenters. The van der Waals surface area contributed by atoms with Crippen LogP contribution in [-0.4, -0.2) is 24.2 Å². The van der Waals surface area contributed by atoms with E-state index < -0.39 is 11.4 Å². The summed E-state index contributed by atoms with van der Waals surface area (Å²) in [6.45, 7) is 6.30. The van der Waals surface area contributed by atoms with Crippen molar-refractivity contribution in [3.63, 3.8) is 0 Å². The molecule has 1 heterocycles. The van der Waals surface area contributed by atoms with E-state index in [0.717, 1.165) is 12.0 Å². The summed E-state index contributed by atoms with van der Waals surface area (Å²) < 4.78 is 19.1. The fourth-order valence-electron chi connectivity index (χ4n) is 2.14. The lowest BCUT2D eigenvalue weighted by Crippen LogP contribution is -2.50. The number of halogens is 1. The summed E-state index contributed by atoms with van der Waals surface area (Å²) in [4.78, 5) is 12.1. The predicted molar refractivity (Wildman–Crippen MR) is 67.0 cm³/mol. The van der Waals surface area contributed by atoms with Crippen molar-refractivity contribution in [1.29, 1.82) is 0 Å². The first-order valence-corrected chi connectivity index (χ1v) is 6.13. The van der Waals surface area contributed by atoms with Gasteiger partial charge in [-0.2, -0.15) is 0 Å². The number of carbonyl (C=O) groups is 1. The number of benzene rings is 1. The summed E-state index contributed by atoms with van der Waals surface area (Å²) >= 11 is 0. The van der Waals surface area contributed by atoms with Gasteiger partial charge in [0.2, 0.25) is 0 Å². The summed E-state index contributed by atoms with van der Waals surface area (Å²) in [7, 11) is 0. The van der Waals surface area contributed by atoms with Crippen LogP contribution in [0.3, 0.4) is 0 Å². The van der Waals surface area contributed by atoms with E-state index in [0.29, 0.717) is 6.61 Å². The quantitative estimate of drug-likeness (QED) is 0.876. The highest BCUT2D eigenvalue weighted by Gasteiger charge is 2.38. The monoisotopic (exact) mass is 251 g/mol. The van der Waals surface area contributed by atoms with Crippen LogP contribution in [0.15, 0.2) is 18.2 Å². The Morgan fingerprint density at radius 3 is 2.89 bits per heavy atom. The van der Waals surface area contributed by atoms with Gasteiger partial charge in [-0.3, -0.25) is 4.79 Å². The van der Waals surface area contributed by atoms with Crippen molar-refractivity contribution in [2.45, 2.75) is 38.8 Å². The van der Waals surface area contributed by atoms with E-state index in [4.69, 9.17) is 4.74 Å². The van der Waals surface area contributed by atoms with E-state index >= 15 is 0 Å². The molecule has 2 unspecified atom stereocenters. The van der Waals surface area contributed by atoms with Crippen LogP contribution < -0.4 is 5.32 Å². The van der Waals surface area contributed by atoms with Gasteiger partial charge in [0.1, 0.15) is 5.82 Å². The molecule has 1 saturated heterocycles. The second kappa shape index (κ2) is 4.69. The van der Waals surface area contributed by atoms with Gasteiger partial charge < -0.3 is 10.1 Å².